The molecular weight excluding hydrogens is 480 g/mol. The van der Waals surface area contributed by atoms with Crippen molar-refractivity contribution in [2.75, 3.05) is 48.4 Å². The Labute approximate surface area is 222 Å². The summed E-state index contributed by atoms with van der Waals surface area (Å²) in [6, 6.07) is 13.9. The number of urea groups is 1. The van der Waals surface area contributed by atoms with E-state index in [-0.39, 0.29) is 18.0 Å². The quantitative estimate of drug-likeness (QED) is 0.567. The molecule has 38 heavy (non-hydrogen) atoms. The van der Waals surface area contributed by atoms with Crippen LogP contribution in [0.15, 0.2) is 48.8 Å². The molecule has 0 radical (unpaired) electrons. The highest BCUT2D eigenvalue weighted by Crippen LogP contribution is 2.31. The van der Waals surface area contributed by atoms with E-state index in [4.69, 9.17) is 4.74 Å². The second-order valence-corrected chi connectivity index (χ2v) is 10.2. The molecule has 196 valence electrons. The molecule has 9 heteroatoms. The van der Waals surface area contributed by atoms with E-state index in [9.17, 15) is 9.59 Å². The number of carbonyl (C=O) groups is 2. The number of methoxy groups -OCH3 is 1. The molecule has 0 unspecified atom stereocenters. The maximum absolute atomic E-state index is 13.3. The smallest absolute Gasteiger partial charge is 0.322 e. The average molecular weight is 513 g/mol. The largest absolute Gasteiger partial charge is 0.497 e. The van der Waals surface area contributed by atoms with Crippen LogP contribution in [0.25, 0.3) is 0 Å². The number of hydrogen-bond acceptors (Lipinski definition) is 6. The minimum atomic E-state index is -0.0939. The van der Waals surface area contributed by atoms with Gasteiger partial charge in [-0.05, 0) is 68.0 Å². The summed E-state index contributed by atoms with van der Waals surface area (Å²) in [4.78, 5) is 41.1. The van der Waals surface area contributed by atoms with Gasteiger partial charge < -0.3 is 24.8 Å². The van der Waals surface area contributed by atoms with Crippen LogP contribution in [-0.4, -0.2) is 66.1 Å². The van der Waals surface area contributed by atoms with Gasteiger partial charge in [-0.25, -0.2) is 14.8 Å². The molecule has 0 spiro atoms. The fourth-order valence-electron chi connectivity index (χ4n) is 5.83. The third-order valence-corrected chi connectivity index (χ3v) is 7.91. The summed E-state index contributed by atoms with van der Waals surface area (Å²) in [6.45, 7) is 4.91. The summed E-state index contributed by atoms with van der Waals surface area (Å²) in [5.41, 5.74) is 5.72. The molecule has 0 atom stereocenters. The van der Waals surface area contributed by atoms with Crippen molar-refractivity contribution in [3.05, 3.63) is 71.2 Å². The lowest BCUT2D eigenvalue weighted by Gasteiger charge is -2.38. The Morgan fingerprint density at radius 2 is 1.79 bits per heavy atom. The van der Waals surface area contributed by atoms with E-state index in [2.05, 4.69) is 33.2 Å². The van der Waals surface area contributed by atoms with Crippen molar-refractivity contribution < 1.29 is 14.3 Å². The Hall–Kier alpha value is -4.14. The number of nitrogens with zero attached hydrogens (tertiary/aromatic N) is 5. The number of rotatable bonds is 4. The SMILES string of the molecule is COc1ccc2c(c1)CCN(C1CCN(c3cc(C(=O)N4CCc5cc(C)ccc54)ncn3)CC1)C(=O)N2. The van der Waals surface area contributed by atoms with Gasteiger partial charge in [0, 0.05) is 49.7 Å². The number of hydrogen-bond donors (Lipinski definition) is 1. The number of ether oxygens (including phenoxy) is 1. The number of aromatic nitrogens is 2. The van der Waals surface area contributed by atoms with Crippen LogP contribution in [0.4, 0.5) is 22.0 Å². The van der Waals surface area contributed by atoms with Crippen LogP contribution in [0.1, 0.15) is 40.0 Å². The van der Waals surface area contributed by atoms with Crippen LogP contribution in [-0.2, 0) is 12.8 Å². The van der Waals surface area contributed by atoms with Gasteiger partial charge in [0.25, 0.3) is 5.91 Å². The summed E-state index contributed by atoms with van der Waals surface area (Å²) in [7, 11) is 1.65. The van der Waals surface area contributed by atoms with E-state index in [1.807, 2.05) is 40.1 Å². The number of amides is 3. The Kier molecular flexibility index (Phi) is 6.35. The van der Waals surface area contributed by atoms with E-state index in [1.54, 1.807) is 13.2 Å². The van der Waals surface area contributed by atoms with Crippen LogP contribution in [0.2, 0.25) is 0 Å². The number of anilines is 3. The fourth-order valence-corrected chi connectivity index (χ4v) is 5.83. The van der Waals surface area contributed by atoms with Gasteiger partial charge in [0.1, 0.15) is 23.6 Å². The molecule has 1 fully saturated rings. The number of nitrogens with one attached hydrogen (secondary N) is 1. The number of piperidine rings is 1. The van der Waals surface area contributed by atoms with Gasteiger partial charge in [-0.1, -0.05) is 17.7 Å². The lowest BCUT2D eigenvalue weighted by molar-refractivity contribution is 0.0984. The molecular formula is C29H32N6O3. The Morgan fingerprint density at radius 1 is 0.974 bits per heavy atom. The molecule has 1 aromatic heterocycles. The molecule has 3 aromatic rings. The standard InChI is InChI=1S/C29H32N6O3/c1-19-3-6-26-21(15-19)8-14-35(26)28(36)25-17-27(31-18-30-25)33-11-9-22(10-12-33)34-13-7-20-16-23(38-2)4-5-24(20)32-29(34)37/h3-6,15-18,22H,7-14H2,1-2H3,(H,32,37). The van der Waals surface area contributed by atoms with E-state index in [1.165, 1.54) is 17.5 Å². The van der Waals surface area contributed by atoms with Crippen LogP contribution < -0.4 is 19.9 Å². The van der Waals surface area contributed by atoms with Gasteiger partial charge >= 0.3 is 6.03 Å². The number of aryl methyl sites for hydroxylation is 1. The zero-order valence-corrected chi connectivity index (χ0v) is 21.8. The second kappa shape index (κ2) is 9.96. The number of carbonyl (C=O) groups excluding carboxylic acids is 2. The monoisotopic (exact) mass is 512 g/mol. The van der Waals surface area contributed by atoms with Gasteiger partial charge in [0.15, 0.2) is 0 Å². The normalized spacial score (nSPS) is 17.5. The maximum atomic E-state index is 13.3. The van der Waals surface area contributed by atoms with Crippen molar-refractivity contribution in [1.29, 1.82) is 0 Å². The van der Waals surface area contributed by atoms with E-state index >= 15 is 0 Å². The molecule has 9 nitrogen and oxygen atoms in total. The summed E-state index contributed by atoms with van der Waals surface area (Å²) < 4.78 is 5.35. The predicted molar refractivity (Wildman–Crippen MR) is 146 cm³/mol. The summed E-state index contributed by atoms with van der Waals surface area (Å²) >= 11 is 0. The highest BCUT2D eigenvalue weighted by molar-refractivity contribution is 6.06. The van der Waals surface area contributed by atoms with Gasteiger partial charge in [-0.3, -0.25) is 4.79 Å². The van der Waals surface area contributed by atoms with Crippen LogP contribution in [0, 0.1) is 6.92 Å². The highest BCUT2D eigenvalue weighted by atomic mass is 16.5. The first kappa shape index (κ1) is 24.2. The van der Waals surface area contributed by atoms with Crippen LogP contribution in [0.5, 0.6) is 5.75 Å². The third kappa shape index (κ3) is 4.53. The van der Waals surface area contributed by atoms with Crippen LogP contribution in [0.3, 0.4) is 0 Å². The highest BCUT2D eigenvalue weighted by Gasteiger charge is 2.31. The van der Waals surface area contributed by atoms with E-state index in [0.717, 1.165) is 67.3 Å². The molecule has 1 N–H and O–H groups in total. The Bertz CT molecular complexity index is 1380. The average Bonchev–Trinajstić information content (AvgIpc) is 3.28. The van der Waals surface area contributed by atoms with Crippen molar-refractivity contribution >= 4 is 29.1 Å². The van der Waals surface area contributed by atoms with E-state index in [0.29, 0.717) is 18.8 Å². The molecule has 0 bridgehead atoms. The fraction of sp³-hybridized carbons (Fsp3) is 0.379. The van der Waals surface area contributed by atoms with Gasteiger partial charge in [-0.15, -0.1) is 0 Å². The van der Waals surface area contributed by atoms with Crippen LogP contribution >= 0.6 is 0 Å². The maximum Gasteiger partial charge on any atom is 0.322 e. The molecule has 6 rings (SSSR count). The van der Waals surface area contributed by atoms with Crippen molar-refractivity contribution in [1.82, 2.24) is 14.9 Å². The third-order valence-electron chi connectivity index (χ3n) is 7.91. The summed E-state index contributed by atoms with van der Waals surface area (Å²) in [6.07, 6.45) is 4.78. The molecule has 3 amide bonds. The van der Waals surface area contributed by atoms with Crippen molar-refractivity contribution in [3.8, 4) is 5.75 Å². The Balaban J connectivity index is 1.11. The number of benzene rings is 2. The Morgan fingerprint density at radius 3 is 2.61 bits per heavy atom. The van der Waals surface area contributed by atoms with Gasteiger partial charge in [0.2, 0.25) is 0 Å². The number of fused-ring (bicyclic) bond motifs is 2. The zero-order valence-electron chi connectivity index (χ0n) is 21.8. The molecule has 0 aliphatic carbocycles. The molecule has 3 aliphatic rings. The van der Waals surface area contributed by atoms with Gasteiger partial charge in [0.05, 0.1) is 7.11 Å². The molecule has 4 heterocycles. The molecule has 0 saturated carbocycles. The summed E-state index contributed by atoms with van der Waals surface area (Å²) in [5, 5.41) is 3.08. The first-order chi connectivity index (χ1) is 18.5. The van der Waals surface area contributed by atoms with E-state index < -0.39 is 0 Å². The van der Waals surface area contributed by atoms with Crippen molar-refractivity contribution in [3.63, 3.8) is 0 Å². The lowest BCUT2D eigenvalue weighted by atomic mass is 10.0. The van der Waals surface area contributed by atoms with Crippen molar-refractivity contribution in [2.45, 2.75) is 38.6 Å². The van der Waals surface area contributed by atoms with Gasteiger partial charge in [-0.2, -0.15) is 0 Å². The topological polar surface area (TPSA) is 90.9 Å². The molecule has 3 aliphatic heterocycles. The lowest BCUT2D eigenvalue weighted by Crippen LogP contribution is -2.49. The first-order valence-corrected chi connectivity index (χ1v) is 13.2. The minimum Gasteiger partial charge on any atom is -0.497 e. The van der Waals surface area contributed by atoms with Crippen molar-refractivity contribution in [2.24, 2.45) is 0 Å². The minimum absolute atomic E-state index is 0.0524. The summed E-state index contributed by atoms with van der Waals surface area (Å²) in [5.74, 6) is 1.46. The molecule has 2 aromatic carbocycles. The molecule has 1 saturated heterocycles. The second-order valence-electron chi connectivity index (χ2n) is 10.2. The zero-order chi connectivity index (χ0) is 26.2. The first-order valence-electron chi connectivity index (χ1n) is 13.2. The predicted octanol–water partition coefficient (Wildman–Crippen LogP) is 4.06.